The molecule has 2 aliphatic rings. The van der Waals surface area contributed by atoms with E-state index in [9.17, 15) is 4.79 Å². The molecule has 3 N–H and O–H groups in total. The summed E-state index contributed by atoms with van der Waals surface area (Å²) in [5.41, 5.74) is 5.91. The Morgan fingerprint density at radius 2 is 1.74 bits per heavy atom. The zero-order valence-corrected chi connectivity index (χ0v) is 12.4. The molecule has 1 amide bonds. The molecule has 3 nitrogen and oxygen atoms in total. The van der Waals surface area contributed by atoms with E-state index in [1.165, 1.54) is 32.1 Å². The van der Waals surface area contributed by atoms with Gasteiger partial charge in [0.05, 0.1) is 0 Å². The third-order valence-corrected chi connectivity index (χ3v) is 5.07. The standard InChI is InChI=1S/C16H30N2O/c1-12-5-3-2-4-6-15(12)18-16(19)11-13-7-9-14(17)10-8-13/h12-15H,2-11,17H2,1H3,(H,18,19). The second-order valence-electron chi connectivity index (χ2n) is 6.77. The fraction of sp³-hybridized carbons (Fsp3) is 0.938. The maximum Gasteiger partial charge on any atom is 0.220 e. The number of amides is 1. The lowest BCUT2D eigenvalue weighted by molar-refractivity contribution is -0.123. The highest BCUT2D eigenvalue weighted by atomic mass is 16.1. The Kier molecular flexibility index (Phi) is 5.68. The molecule has 0 spiro atoms. The lowest BCUT2D eigenvalue weighted by Crippen LogP contribution is -2.40. The minimum absolute atomic E-state index is 0.277. The number of nitrogens with one attached hydrogen (secondary N) is 1. The Hall–Kier alpha value is -0.570. The number of carbonyl (C=O) groups is 1. The molecule has 0 bridgehead atoms. The Balaban J connectivity index is 1.73. The summed E-state index contributed by atoms with van der Waals surface area (Å²) in [6.45, 7) is 2.29. The van der Waals surface area contributed by atoms with E-state index in [-0.39, 0.29) is 5.91 Å². The van der Waals surface area contributed by atoms with Crippen molar-refractivity contribution >= 4 is 5.91 Å². The molecule has 0 aromatic rings. The summed E-state index contributed by atoms with van der Waals surface area (Å²) in [4.78, 5) is 12.2. The van der Waals surface area contributed by atoms with Gasteiger partial charge in [0.15, 0.2) is 0 Å². The van der Waals surface area contributed by atoms with Crippen molar-refractivity contribution < 1.29 is 4.79 Å². The Morgan fingerprint density at radius 3 is 2.47 bits per heavy atom. The van der Waals surface area contributed by atoms with Gasteiger partial charge in [-0.05, 0) is 50.4 Å². The molecule has 2 saturated carbocycles. The van der Waals surface area contributed by atoms with Crippen LogP contribution < -0.4 is 11.1 Å². The van der Waals surface area contributed by atoms with Gasteiger partial charge in [-0.15, -0.1) is 0 Å². The molecule has 0 heterocycles. The maximum atomic E-state index is 12.2. The van der Waals surface area contributed by atoms with Crippen LogP contribution in [0.15, 0.2) is 0 Å². The van der Waals surface area contributed by atoms with Gasteiger partial charge in [0.1, 0.15) is 0 Å². The van der Waals surface area contributed by atoms with E-state index < -0.39 is 0 Å². The number of hydrogen-bond acceptors (Lipinski definition) is 2. The van der Waals surface area contributed by atoms with Crippen LogP contribution in [0.5, 0.6) is 0 Å². The van der Waals surface area contributed by atoms with Crippen molar-refractivity contribution in [2.24, 2.45) is 17.6 Å². The summed E-state index contributed by atoms with van der Waals surface area (Å²) in [7, 11) is 0. The van der Waals surface area contributed by atoms with Crippen molar-refractivity contribution in [3.63, 3.8) is 0 Å². The highest BCUT2D eigenvalue weighted by Gasteiger charge is 2.24. The zero-order chi connectivity index (χ0) is 13.7. The molecule has 19 heavy (non-hydrogen) atoms. The predicted molar refractivity (Wildman–Crippen MR) is 78.7 cm³/mol. The minimum Gasteiger partial charge on any atom is -0.353 e. The molecule has 110 valence electrons. The topological polar surface area (TPSA) is 55.1 Å². The molecule has 0 aromatic carbocycles. The van der Waals surface area contributed by atoms with Crippen molar-refractivity contribution in [2.45, 2.75) is 83.2 Å². The van der Waals surface area contributed by atoms with Crippen molar-refractivity contribution in [2.75, 3.05) is 0 Å². The maximum absolute atomic E-state index is 12.2. The second kappa shape index (κ2) is 7.28. The van der Waals surface area contributed by atoms with E-state index in [4.69, 9.17) is 5.73 Å². The molecule has 0 radical (unpaired) electrons. The van der Waals surface area contributed by atoms with Gasteiger partial charge in [-0.2, -0.15) is 0 Å². The van der Waals surface area contributed by atoms with Gasteiger partial charge in [0.25, 0.3) is 0 Å². The quantitative estimate of drug-likeness (QED) is 0.772. The molecule has 2 unspecified atom stereocenters. The molecule has 2 rings (SSSR count). The van der Waals surface area contributed by atoms with Gasteiger partial charge < -0.3 is 11.1 Å². The van der Waals surface area contributed by atoms with Crippen LogP contribution in [-0.2, 0) is 4.79 Å². The second-order valence-corrected chi connectivity index (χ2v) is 6.77. The van der Waals surface area contributed by atoms with Crippen LogP contribution >= 0.6 is 0 Å². The molecular formula is C16H30N2O. The van der Waals surface area contributed by atoms with Crippen LogP contribution in [-0.4, -0.2) is 18.0 Å². The number of rotatable bonds is 3. The summed E-state index contributed by atoms with van der Waals surface area (Å²) in [5.74, 6) is 1.49. The van der Waals surface area contributed by atoms with Gasteiger partial charge in [-0.1, -0.05) is 26.2 Å². The van der Waals surface area contributed by atoms with Crippen molar-refractivity contribution in [3.05, 3.63) is 0 Å². The van der Waals surface area contributed by atoms with Crippen LogP contribution in [0.25, 0.3) is 0 Å². The van der Waals surface area contributed by atoms with Crippen LogP contribution in [0, 0.1) is 11.8 Å². The van der Waals surface area contributed by atoms with Crippen molar-refractivity contribution in [3.8, 4) is 0 Å². The smallest absolute Gasteiger partial charge is 0.220 e. The Bertz CT molecular complexity index is 284. The number of carbonyl (C=O) groups excluding carboxylic acids is 1. The van der Waals surface area contributed by atoms with Gasteiger partial charge in [0, 0.05) is 18.5 Å². The zero-order valence-electron chi connectivity index (χ0n) is 12.4. The summed E-state index contributed by atoms with van der Waals surface area (Å²) in [6, 6.07) is 0.794. The normalized spacial score (nSPS) is 36.5. The molecule has 0 aromatic heterocycles. The van der Waals surface area contributed by atoms with E-state index >= 15 is 0 Å². The average molecular weight is 266 g/mol. The third-order valence-electron chi connectivity index (χ3n) is 5.07. The average Bonchev–Trinajstić information content (AvgIpc) is 2.58. The number of hydrogen-bond donors (Lipinski definition) is 2. The first-order chi connectivity index (χ1) is 9.15. The predicted octanol–water partition coefficient (Wildman–Crippen LogP) is 2.98. The third kappa shape index (κ3) is 4.79. The first kappa shape index (κ1) is 14.8. The molecule has 3 heteroatoms. The van der Waals surface area contributed by atoms with Crippen LogP contribution in [0.3, 0.4) is 0 Å². The SMILES string of the molecule is CC1CCCCCC1NC(=O)CC1CCC(N)CC1. The van der Waals surface area contributed by atoms with Gasteiger partial charge >= 0.3 is 0 Å². The van der Waals surface area contributed by atoms with Gasteiger partial charge in [-0.3, -0.25) is 4.79 Å². The molecule has 0 saturated heterocycles. The van der Waals surface area contributed by atoms with E-state index in [0.29, 0.717) is 23.9 Å². The highest BCUT2D eigenvalue weighted by molar-refractivity contribution is 5.76. The van der Waals surface area contributed by atoms with E-state index in [1.54, 1.807) is 0 Å². The summed E-state index contributed by atoms with van der Waals surface area (Å²) in [6.07, 6.45) is 11.5. The molecule has 0 aliphatic heterocycles. The Labute approximate surface area is 117 Å². The van der Waals surface area contributed by atoms with E-state index in [1.807, 2.05) is 0 Å². The van der Waals surface area contributed by atoms with Crippen LogP contribution in [0.2, 0.25) is 0 Å². The molecule has 2 fully saturated rings. The number of nitrogens with two attached hydrogens (primary N) is 1. The molecular weight excluding hydrogens is 236 g/mol. The van der Waals surface area contributed by atoms with Gasteiger partial charge in [0.2, 0.25) is 5.91 Å². The minimum atomic E-state index is 0.277. The first-order valence-corrected chi connectivity index (χ1v) is 8.20. The highest BCUT2D eigenvalue weighted by Crippen LogP contribution is 2.27. The lowest BCUT2D eigenvalue weighted by atomic mass is 9.84. The first-order valence-electron chi connectivity index (χ1n) is 8.20. The van der Waals surface area contributed by atoms with Crippen LogP contribution in [0.4, 0.5) is 0 Å². The summed E-state index contributed by atoms with van der Waals surface area (Å²) in [5, 5.41) is 3.30. The summed E-state index contributed by atoms with van der Waals surface area (Å²) >= 11 is 0. The van der Waals surface area contributed by atoms with E-state index in [0.717, 1.165) is 32.1 Å². The largest absolute Gasteiger partial charge is 0.353 e. The van der Waals surface area contributed by atoms with Crippen molar-refractivity contribution in [1.82, 2.24) is 5.32 Å². The molecule has 2 aliphatic carbocycles. The molecule has 2 atom stereocenters. The van der Waals surface area contributed by atoms with Gasteiger partial charge in [-0.25, -0.2) is 0 Å². The Morgan fingerprint density at radius 1 is 1.05 bits per heavy atom. The fourth-order valence-corrected chi connectivity index (χ4v) is 3.63. The van der Waals surface area contributed by atoms with E-state index in [2.05, 4.69) is 12.2 Å². The monoisotopic (exact) mass is 266 g/mol. The van der Waals surface area contributed by atoms with Crippen molar-refractivity contribution in [1.29, 1.82) is 0 Å². The summed E-state index contributed by atoms with van der Waals surface area (Å²) < 4.78 is 0. The lowest BCUT2D eigenvalue weighted by Gasteiger charge is -2.27. The van der Waals surface area contributed by atoms with Crippen LogP contribution in [0.1, 0.15) is 71.1 Å². The fourth-order valence-electron chi connectivity index (χ4n) is 3.63.